The van der Waals surface area contributed by atoms with Gasteiger partial charge in [0.05, 0.1) is 12.6 Å². The Kier molecular flexibility index (Phi) is 13.4. The summed E-state index contributed by atoms with van der Waals surface area (Å²) in [6.07, 6.45) is 1.95. The van der Waals surface area contributed by atoms with Crippen LogP contribution in [0.2, 0.25) is 0 Å². The number of carboxylic acids is 1. The van der Waals surface area contributed by atoms with E-state index in [1.165, 1.54) is 24.3 Å². The number of rotatable bonds is 16. The topological polar surface area (TPSA) is 217 Å². The summed E-state index contributed by atoms with van der Waals surface area (Å²) >= 11 is 0. The van der Waals surface area contributed by atoms with Crippen LogP contribution in [-0.4, -0.2) is 76.3 Å². The van der Waals surface area contributed by atoms with Crippen LogP contribution >= 0.6 is 0 Å². The molecule has 1 aromatic rings. The maximum absolute atomic E-state index is 12.9. The van der Waals surface area contributed by atoms with Crippen LogP contribution in [0.15, 0.2) is 24.3 Å². The number of phenolic OH excluding ortho intramolecular Hbond substituents is 1. The van der Waals surface area contributed by atoms with E-state index in [-0.39, 0.29) is 24.5 Å². The Balaban J connectivity index is 2.89. The van der Waals surface area contributed by atoms with Crippen LogP contribution in [-0.2, 0) is 25.6 Å². The molecule has 0 aliphatic heterocycles. The van der Waals surface area contributed by atoms with Crippen molar-refractivity contribution in [2.75, 3.05) is 13.2 Å². The minimum absolute atomic E-state index is 0.0101. The smallest absolute Gasteiger partial charge is 0.326 e. The lowest BCUT2D eigenvalue weighted by atomic mass is 9.98. The predicted octanol–water partition coefficient (Wildman–Crippen LogP) is -1.03. The van der Waals surface area contributed by atoms with Gasteiger partial charge in [-0.1, -0.05) is 32.4 Å². The SMILES string of the molecule is CCC(C)C(N)C(=O)NC(CCCCN)C(=O)NC(CO)C(=O)NC(Cc1ccc(O)cc1)C(=O)O. The van der Waals surface area contributed by atoms with E-state index in [9.17, 15) is 34.5 Å². The molecule has 5 atom stereocenters. The number of carbonyl (C=O) groups excluding carboxylic acids is 3. The molecular weight excluding hydrogens is 470 g/mol. The molecule has 0 aromatic heterocycles. The fraction of sp³-hybridized carbons (Fsp3) is 0.583. The lowest BCUT2D eigenvalue weighted by Gasteiger charge is -2.25. The normalized spacial score (nSPS) is 15.1. The fourth-order valence-corrected chi connectivity index (χ4v) is 3.35. The van der Waals surface area contributed by atoms with Crippen LogP contribution in [0.1, 0.15) is 45.1 Å². The van der Waals surface area contributed by atoms with Crippen LogP contribution in [0.3, 0.4) is 0 Å². The number of carboxylic acid groups (broad SMARTS) is 1. The lowest BCUT2D eigenvalue weighted by Crippen LogP contribution is -2.58. The summed E-state index contributed by atoms with van der Waals surface area (Å²) in [5.74, 6) is -3.55. The lowest BCUT2D eigenvalue weighted by molar-refractivity contribution is -0.142. The van der Waals surface area contributed by atoms with E-state index in [4.69, 9.17) is 11.5 Å². The number of aromatic hydroxyl groups is 1. The molecule has 1 rings (SSSR count). The van der Waals surface area contributed by atoms with Gasteiger partial charge >= 0.3 is 5.97 Å². The average molecular weight is 510 g/mol. The minimum atomic E-state index is -1.45. The van der Waals surface area contributed by atoms with Crippen LogP contribution in [0.5, 0.6) is 5.75 Å². The van der Waals surface area contributed by atoms with E-state index in [1.54, 1.807) is 0 Å². The van der Waals surface area contributed by atoms with Crippen molar-refractivity contribution in [2.24, 2.45) is 17.4 Å². The van der Waals surface area contributed by atoms with Gasteiger partial charge in [0, 0.05) is 6.42 Å². The zero-order valence-electron chi connectivity index (χ0n) is 20.8. The molecule has 10 N–H and O–H groups in total. The Morgan fingerprint density at radius 1 is 0.917 bits per heavy atom. The van der Waals surface area contributed by atoms with Gasteiger partial charge in [-0.05, 0) is 49.4 Å². The molecule has 0 aliphatic carbocycles. The van der Waals surface area contributed by atoms with Crippen LogP contribution in [0.25, 0.3) is 0 Å². The molecule has 0 saturated carbocycles. The third-order valence-corrected chi connectivity index (χ3v) is 5.95. The van der Waals surface area contributed by atoms with Gasteiger partial charge in [0.15, 0.2) is 0 Å². The van der Waals surface area contributed by atoms with Crippen LogP contribution in [0.4, 0.5) is 0 Å². The largest absolute Gasteiger partial charge is 0.508 e. The second kappa shape index (κ2) is 15.7. The van der Waals surface area contributed by atoms with Gasteiger partial charge in [-0.2, -0.15) is 0 Å². The first-order valence-electron chi connectivity index (χ1n) is 12.0. The molecule has 202 valence electrons. The third kappa shape index (κ3) is 10.2. The highest BCUT2D eigenvalue weighted by Crippen LogP contribution is 2.12. The maximum atomic E-state index is 12.9. The number of aliphatic hydroxyl groups excluding tert-OH is 1. The van der Waals surface area contributed by atoms with Gasteiger partial charge in [-0.25, -0.2) is 4.79 Å². The molecular formula is C24H39N5O7. The quantitative estimate of drug-likeness (QED) is 0.128. The summed E-state index contributed by atoms with van der Waals surface area (Å²) in [7, 11) is 0. The molecule has 12 heteroatoms. The number of aliphatic carboxylic acids is 1. The number of carbonyl (C=O) groups is 4. The van der Waals surface area contributed by atoms with E-state index >= 15 is 0 Å². The molecule has 12 nitrogen and oxygen atoms in total. The predicted molar refractivity (Wildman–Crippen MR) is 133 cm³/mol. The van der Waals surface area contributed by atoms with Crippen LogP contribution in [0, 0.1) is 5.92 Å². The molecule has 0 fully saturated rings. The van der Waals surface area contributed by atoms with E-state index in [0.717, 1.165) is 0 Å². The summed E-state index contributed by atoms with van der Waals surface area (Å²) in [6, 6.07) is 1.17. The van der Waals surface area contributed by atoms with E-state index < -0.39 is 54.5 Å². The van der Waals surface area contributed by atoms with Gasteiger partial charge in [0.2, 0.25) is 17.7 Å². The van der Waals surface area contributed by atoms with Crippen molar-refractivity contribution >= 4 is 23.7 Å². The zero-order chi connectivity index (χ0) is 27.3. The Hall–Kier alpha value is -3.22. The molecule has 0 saturated heterocycles. The monoisotopic (exact) mass is 509 g/mol. The Bertz CT molecular complexity index is 865. The molecule has 0 heterocycles. The number of hydrogen-bond acceptors (Lipinski definition) is 8. The van der Waals surface area contributed by atoms with Crippen molar-refractivity contribution in [3.8, 4) is 5.75 Å². The number of unbranched alkanes of at least 4 members (excludes halogenated alkanes) is 1. The van der Waals surface area contributed by atoms with E-state index in [1.807, 2.05) is 13.8 Å². The highest BCUT2D eigenvalue weighted by Gasteiger charge is 2.30. The molecule has 5 unspecified atom stereocenters. The van der Waals surface area contributed by atoms with Crippen molar-refractivity contribution in [1.82, 2.24) is 16.0 Å². The number of benzene rings is 1. The van der Waals surface area contributed by atoms with Gasteiger partial charge in [0.1, 0.15) is 23.9 Å². The molecule has 0 radical (unpaired) electrons. The number of amides is 3. The van der Waals surface area contributed by atoms with Crippen molar-refractivity contribution in [3.63, 3.8) is 0 Å². The van der Waals surface area contributed by atoms with Gasteiger partial charge < -0.3 is 42.7 Å². The minimum Gasteiger partial charge on any atom is -0.508 e. The van der Waals surface area contributed by atoms with Crippen molar-refractivity contribution < 1.29 is 34.5 Å². The average Bonchev–Trinajstić information content (AvgIpc) is 2.86. The molecule has 1 aromatic carbocycles. The summed E-state index contributed by atoms with van der Waals surface area (Å²) in [5.41, 5.74) is 12.0. The van der Waals surface area contributed by atoms with E-state index in [2.05, 4.69) is 16.0 Å². The molecule has 3 amide bonds. The van der Waals surface area contributed by atoms with Crippen LogP contribution < -0.4 is 27.4 Å². The van der Waals surface area contributed by atoms with E-state index in [0.29, 0.717) is 31.4 Å². The fourth-order valence-electron chi connectivity index (χ4n) is 3.35. The number of aliphatic hydroxyl groups is 1. The second-order valence-corrected chi connectivity index (χ2v) is 8.77. The maximum Gasteiger partial charge on any atom is 0.326 e. The first-order chi connectivity index (χ1) is 17.0. The Morgan fingerprint density at radius 2 is 1.47 bits per heavy atom. The molecule has 0 bridgehead atoms. The summed E-state index contributed by atoms with van der Waals surface area (Å²) < 4.78 is 0. The highest BCUT2D eigenvalue weighted by molar-refractivity contribution is 5.94. The Morgan fingerprint density at radius 3 is 2.00 bits per heavy atom. The number of hydrogen-bond donors (Lipinski definition) is 8. The number of nitrogens with one attached hydrogen (secondary N) is 3. The highest BCUT2D eigenvalue weighted by atomic mass is 16.4. The third-order valence-electron chi connectivity index (χ3n) is 5.95. The van der Waals surface area contributed by atoms with Crippen molar-refractivity contribution in [1.29, 1.82) is 0 Å². The summed E-state index contributed by atoms with van der Waals surface area (Å²) in [4.78, 5) is 49.8. The standard InChI is InChI=1S/C24H39N5O7/c1-3-14(2)20(26)23(34)27-17(6-4-5-11-25)21(32)29-19(13-30)22(33)28-18(24(35)36)12-15-7-9-16(31)10-8-15/h7-10,14,17-20,30-31H,3-6,11-13,25-26H2,1-2H3,(H,27,34)(H,28,33)(H,29,32)(H,35,36). The summed E-state index contributed by atoms with van der Waals surface area (Å²) in [5, 5.41) is 35.9. The van der Waals surface area contributed by atoms with Gasteiger partial charge in [0.25, 0.3) is 0 Å². The van der Waals surface area contributed by atoms with Gasteiger partial charge in [-0.3, -0.25) is 14.4 Å². The molecule has 0 aliphatic rings. The van der Waals surface area contributed by atoms with Crippen molar-refractivity contribution in [2.45, 2.75) is 70.1 Å². The first kappa shape index (κ1) is 30.8. The van der Waals surface area contributed by atoms with Gasteiger partial charge in [-0.15, -0.1) is 0 Å². The molecule has 36 heavy (non-hydrogen) atoms. The first-order valence-corrected chi connectivity index (χ1v) is 12.0. The number of phenols is 1. The molecule has 0 spiro atoms. The second-order valence-electron chi connectivity index (χ2n) is 8.77. The Labute approximate surface area is 210 Å². The number of nitrogens with two attached hydrogens (primary N) is 2. The summed E-state index contributed by atoms with van der Waals surface area (Å²) in [6.45, 7) is 3.31. The zero-order valence-corrected chi connectivity index (χ0v) is 20.8. The van der Waals surface area contributed by atoms with Crippen molar-refractivity contribution in [3.05, 3.63) is 29.8 Å².